The van der Waals surface area contributed by atoms with Crippen LogP contribution in [-0.2, 0) is 16.0 Å². The van der Waals surface area contributed by atoms with E-state index in [1.54, 1.807) is 24.3 Å². The largest absolute Gasteiger partial charge is 0.469 e. The summed E-state index contributed by atoms with van der Waals surface area (Å²) < 4.78 is 17.7. The van der Waals surface area contributed by atoms with Gasteiger partial charge < -0.3 is 15.8 Å². The van der Waals surface area contributed by atoms with Crippen molar-refractivity contribution in [2.75, 3.05) is 18.2 Å². The molecule has 0 unspecified atom stereocenters. The van der Waals surface area contributed by atoms with Crippen molar-refractivity contribution in [2.45, 2.75) is 6.42 Å². The molecule has 22 heavy (non-hydrogen) atoms. The summed E-state index contributed by atoms with van der Waals surface area (Å²) in [6, 6.07) is 10.3. The summed E-state index contributed by atoms with van der Waals surface area (Å²) in [5.41, 5.74) is 7.20. The number of anilines is 2. The second-order valence-electron chi connectivity index (χ2n) is 4.64. The van der Waals surface area contributed by atoms with E-state index < -0.39 is 11.7 Å². The molecule has 6 heteroatoms. The lowest BCUT2D eigenvalue weighted by molar-refractivity contribution is -0.139. The van der Waals surface area contributed by atoms with Gasteiger partial charge in [0.25, 0.3) is 5.91 Å². The van der Waals surface area contributed by atoms with Gasteiger partial charge in [-0.15, -0.1) is 0 Å². The lowest BCUT2D eigenvalue weighted by Gasteiger charge is -2.08. The van der Waals surface area contributed by atoms with E-state index in [0.717, 1.165) is 11.6 Å². The number of nitrogens with two attached hydrogens (primary N) is 1. The molecule has 0 saturated carbocycles. The quantitative estimate of drug-likeness (QED) is 0.671. The van der Waals surface area contributed by atoms with Crippen LogP contribution in [0.15, 0.2) is 42.5 Å². The van der Waals surface area contributed by atoms with E-state index in [2.05, 4.69) is 10.1 Å². The number of hydrogen-bond acceptors (Lipinski definition) is 4. The van der Waals surface area contributed by atoms with Crippen LogP contribution < -0.4 is 11.1 Å². The van der Waals surface area contributed by atoms with Crippen molar-refractivity contribution in [3.63, 3.8) is 0 Å². The smallest absolute Gasteiger partial charge is 0.309 e. The number of esters is 1. The Morgan fingerprint density at radius 3 is 2.50 bits per heavy atom. The van der Waals surface area contributed by atoms with Gasteiger partial charge in [0, 0.05) is 11.4 Å². The summed E-state index contributed by atoms with van der Waals surface area (Å²) >= 11 is 0. The van der Waals surface area contributed by atoms with E-state index in [1.807, 2.05) is 0 Å². The molecule has 0 atom stereocenters. The summed E-state index contributed by atoms with van der Waals surface area (Å²) in [5.74, 6) is -1.38. The van der Waals surface area contributed by atoms with E-state index in [0.29, 0.717) is 5.69 Å². The van der Waals surface area contributed by atoms with Crippen molar-refractivity contribution in [2.24, 2.45) is 0 Å². The van der Waals surface area contributed by atoms with Gasteiger partial charge in [0.05, 0.1) is 19.1 Å². The second kappa shape index (κ2) is 6.71. The molecule has 0 bridgehead atoms. The highest BCUT2D eigenvalue weighted by atomic mass is 19.1. The van der Waals surface area contributed by atoms with Crippen LogP contribution in [0.5, 0.6) is 0 Å². The van der Waals surface area contributed by atoms with E-state index in [-0.39, 0.29) is 23.6 Å². The molecule has 0 aliphatic heterocycles. The first-order chi connectivity index (χ1) is 10.5. The molecule has 2 aromatic carbocycles. The molecule has 114 valence electrons. The zero-order valence-electron chi connectivity index (χ0n) is 11.9. The van der Waals surface area contributed by atoms with E-state index in [9.17, 15) is 14.0 Å². The van der Waals surface area contributed by atoms with Crippen molar-refractivity contribution >= 4 is 23.3 Å². The van der Waals surface area contributed by atoms with Crippen molar-refractivity contribution < 1.29 is 18.7 Å². The Morgan fingerprint density at radius 2 is 1.86 bits per heavy atom. The first-order valence-electron chi connectivity index (χ1n) is 6.51. The molecule has 3 N–H and O–H groups in total. The highest BCUT2D eigenvalue weighted by molar-refractivity contribution is 6.07. The number of carbonyl (C=O) groups excluding carboxylic acids is 2. The van der Waals surface area contributed by atoms with Gasteiger partial charge in [0.2, 0.25) is 0 Å². The summed E-state index contributed by atoms with van der Waals surface area (Å²) in [4.78, 5) is 23.2. The number of rotatable bonds is 4. The van der Waals surface area contributed by atoms with Crippen LogP contribution in [0.2, 0.25) is 0 Å². The van der Waals surface area contributed by atoms with Crippen molar-refractivity contribution in [3.05, 3.63) is 59.4 Å². The number of benzene rings is 2. The molecule has 0 heterocycles. The molecule has 2 rings (SSSR count). The summed E-state index contributed by atoms with van der Waals surface area (Å²) in [6.45, 7) is 0. The first-order valence-corrected chi connectivity index (χ1v) is 6.51. The average Bonchev–Trinajstić information content (AvgIpc) is 2.51. The van der Waals surface area contributed by atoms with Gasteiger partial charge in [0.1, 0.15) is 5.82 Å². The maximum absolute atomic E-state index is 13.2. The maximum Gasteiger partial charge on any atom is 0.309 e. The minimum atomic E-state index is -0.534. The molecule has 1 amide bonds. The zero-order chi connectivity index (χ0) is 16.1. The van der Waals surface area contributed by atoms with E-state index in [4.69, 9.17) is 5.73 Å². The fourth-order valence-electron chi connectivity index (χ4n) is 1.87. The van der Waals surface area contributed by atoms with Gasteiger partial charge >= 0.3 is 5.97 Å². The Balaban J connectivity index is 2.08. The Kier molecular flexibility index (Phi) is 4.73. The van der Waals surface area contributed by atoms with Gasteiger partial charge in [-0.3, -0.25) is 9.59 Å². The highest BCUT2D eigenvalue weighted by Crippen LogP contribution is 2.17. The van der Waals surface area contributed by atoms with E-state index in [1.165, 1.54) is 19.2 Å². The number of ether oxygens (including phenoxy) is 1. The standard InChI is InChI=1S/C16H15FN2O3/c1-22-15(20)8-10-2-5-12(6-3-10)19-16(21)13-9-11(17)4-7-14(13)18/h2-7,9H,8,18H2,1H3,(H,19,21). The third-order valence-electron chi connectivity index (χ3n) is 3.05. The highest BCUT2D eigenvalue weighted by Gasteiger charge is 2.11. The topological polar surface area (TPSA) is 81.4 Å². The van der Waals surface area contributed by atoms with Gasteiger partial charge in [-0.25, -0.2) is 4.39 Å². The van der Waals surface area contributed by atoms with Crippen LogP contribution >= 0.6 is 0 Å². The SMILES string of the molecule is COC(=O)Cc1ccc(NC(=O)c2cc(F)ccc2N)cc1. The number of methoxy groups -OCH3 is 1. The number of carbonyl (C=O) groups is 2. The molecule has 0 fully saturated rings. The lowest BCUT2D eigenvalue weighted by atomic mass is 10.1. The maximum atomic E-state index is 13.2. The Bertz CT molecular complexity index is 699. The molecule has 0 spiro atoms. The molecule has 0 saturated heterocycles. The lowest BCUT2D eigenvalue weighted by Crippen LogP contribution is -2.14. The summed E-state index contributed by atoms with van der Waals surface area (Å²) in [5, 5.41) is 2.62. The molecule has 2 aromatic rings. The minimum absolute atomic E-state index is 0.0682. The molecular formula is C16H15FN2O3. The van der Waals surface area contributed by atoms with E-state index >= 15 is 0 Å². The minimum Gasteiger partial charge on any atom is -0.469 e. The van der Waals surface area contributed by atoms with Crippen LogP contribution in [0.1, 0.15) is 15.9 Å². The summed E-state index contributed by atoms with van der Waals surface area (Å²) in [7, 11) is 1.32. The van der Waals surface area contributed by atoms with Crippen molar-refractivity contribution in [1.82, 2.24) is 0 Å². The molecule has 5 nitrogen and oxygen atoms in total. The van der Waals surface area contributed by atoms with Crippen LogP contribution in [0.25, 0.3) is 0 Å². The van der Waals surface area contributed by atoms with Crippen LogP contribution in [0, 0.1) is 5.82 Å². The monoisotopic (exact) mass is 302 g/mol. The second-order valence-corrected chi connectivity index (χ2v) is 4.64. The normalized spacial score (nSPS) is 10.1. The third kappa shape index (κ3) is 3.82. The zero-order valence-corrected chi connectivity index (χ0v) is 11.9. The van der Waals surface area contributed by atoms with Gasteiger partial charge in [0.15, 0.2) is 0 Å². The Morgan fingerprint density at radius 1 is 1.18 bits per heavy atom. The molecule has 0 aromatic heterocycles. The van der Waals surface area contributed by atoms with Crippen LogP contribution in [0.3, 0.4) is 0 Å². The number of nitrogens with one attached hydrogen (secondary N) is 1. The Hall–Kier alpha value is -2.89. The van der Waals surface area contributed by atoms with Crippen molar-refractivity contribution in [1.29, 1.82) is 0 Å². The molecular weight excluding hydrogens is 287 g/mol. The number of hydrogen-bond donors (Lipinski definition) is 2. The molecule has 0 radical (unpaired) electrons. The van der Waals surface area contributed by atoms with Gasteiger partial charge in [-0.1, -0.05) is 12.1 Å². The van der Waals surface area contributed by atoms with Crippen LogP contribution in [-0.4, -0.2) is 19.0 Å². The Labute approximate surface area is 126 Å². The number of nitrogen functional groups attached to an aromatic ring is 1. The molecule has 0 aliphatic rings. The third-order valence-corrected chi connectivity index (χ3v) is 3.05. The number of amides is 1. The predicted molar refractivity (Wildman–Crippen MR) is 80.9 cm³/mol. The first kappa shape index (κ1) is 15.5. The average molecular weight is 302 g/mol. The summed E-state index contributed by atoms with van der Waals surface area (Å²) in [6.07, 6.45) is 0.154. The fourth-order valence-corrected chi connectivity index (χ4v) is 1.87. The van der Waals surface area contributed by atoms with Gasteiger partial charge in [-0.05, 0) is 35.9 Å². The predicted octanol–water partition coefficient (Wildman–Crippen LogP) is 2.38. The van der Waals surface area contributed by atoms with Gasteiger partial charge in [-0.2, -0.15) is 0 Å². The van der Waals surface area contributed by atoms with Crippen molar-refractivity contribution in [3.8, 4) is 0 Å². The molecule has 0 aliphatic carbocycles. The number of halogens is 1. The fraction of sp³-hybridized carbons (Fsp3) is 0.125. The van der Waals surface area contributed by atoms with Crippen LogP contribution in [0.4, 0.5) is 15.8 Å².